The standard InChI is InChI=1S/C14H22BrN3O2/c1-4-10-12(15)11(17(3)16-10)8-18-7-5-6-9(2)13(18)14(19)20/h9,13H,4-8H2,1-3H3,(H,19,20). The van der Waals surface area contributed by atoms with Crippen molar-refractivity contribution in [3.63, 3.8) is 0 Å². The maximum Gasteiger partial charge on any atom is 0.321 e. The molecule has 20 heavy (non-hydrogen) atoms. The average molecular weight is 344 g/mol. The molecule has 0 radical (unpaired) electrons. The number of piperidine rings is 1. The molecule has 112 valence electrons. The lowest BCUT2D eigenvalue weighted by molar-refractivity contribution is -0.147. The van der Waals surface area contributed by atoms with Crippen LogP contribution in [0.4, 0.5) is 0 Å². The average Bonchev–Trinajstić information content (AvgIpc) is 2.65. The number of rotatable bonds is 4. The van der Waals surface area contributed by atoms with E-state index in [1.54, 1.807) is 0 Å². The van der Waals surface area contributed by atoms with Gasteiger partial charge in [-0.05, 0) is 47.7 Å². The van der Waals surface area contributed by atoms with Crippen LogP contribution in [0, 0.1) is 5.92 Å². The summed E-state index contributed by atoms with van der Waals surface area (Å²) in [5.41, 5.74) is 2.08. The molecule has 1 aromatic heterocycles. The topological polar surface area (TPSA) is 58.4 Å². The number of nitrogens with zero attached hydrogens (tertiary/aromatic N) is 3. The summed E-state index contributed by atoms with van der Waals surface area (Å²) >= 11 is 3.60. The largest absolute Gasteiger partial charge is 0.480 e. The van der Waals surface area contributed by atoms with E-state index in [0.29, 0.717) is 6.54 Å². The van der Waals surface area contributed by atoms with Gasteiger partial charge in [0.1, 0.15) is 6.04 Å². The second kappa shape index (κ2) is 6.26. The monoisotopic (exact) mass is 343 g/mol. The third kappa shape index (κ3) is 2.91. The van der Waals surface area contributed by atoms with E-state index < -0.39 is 12.0 Å². The second-order valence-corrected chi connectivity index (χ2v) is 6.35. The third-order valence-corrected chi connectivity index (χ3v) is 5.06. The number of carboxylic acid groups (broad SMARTS) is 1. The predicted octanol–water partition coefficient (Wildman–Crippen LogP) is 2.43. The fraction of sp³-hybridized carbons (Fsp3) is 0.714. The minimum atomic E-state index is -0.716. The molecule has 6 heteroatoms. The molecule has 0 spiro atoms. The summed E-state index contributed by atoms with van der Waals surface area (Å²) in [6, 6.07) is -0.393. The van der Waals surface area contributed by atoms with Crippen LogP contribution in [0.15, 0.2) is 4.47 Å². The maximum atomic E-state index is 11.5. The van der Waals surface area contributed by atoms with Crippen molar-refractivity contribution in [2.75, 3.05) is 6.54 Å². The quantitative estimate of drug-likeness (QED) is 0.912. The molecule has 2 heterocycles. The van der Waals surface area contributed by atoms with Crippen molar-refractivity contribution in [3.8, 4) is 0 Å². The highest BCUT2D eigenvalue weighted by molar-refractivity contribution is 9.10. The van der Waals surface area contributed by atoms with Crippen molar-refractivity contribution in [3.05, 3.63) is 15.9 Å². The lowest BCUT2D eigenvalue weighted by atomic mass is 9.90. The van der Waals surface area contributed by atoms with Gasteiger partial charge in [-0.1, -0.05) is 13.8 Å². The Morgan fingerprint density at radius 2 is 2.25 bits per heavy atom. The van der Waals surface area contributed by atoms with Crippen molar-refractivity contribution in [2.45, 2.75) is 45.7 Å². The number of aryl methyl sites for hydroxylation is 2. The van der Waals surface area contributed by atoms with Crippen molar-refractivity contribution in [2.24, 2.45) is 13.0 Å². The van der Waals surface area contributed by atoms with Crippen molar-refractivity contribution in [1.82, 2.24) is 14.7 Å². The number of hydrogen-bond acceptors (Lipinski definition) is 3. The third-order valence-electron chi connectivity index (χ3n) is 4.15. The van der Waals surface area contributed by atoms with Crippen molar-refractivity contribution in [1.29, 1.82) is 0 Å². The number of aliphatic carboxylic acids is 1. The minimum absolute atomic E-state index is 0.193. The zero-order valence-corrected chi connectivity index (χ0v) is 13.9. The Labute approximate surface area is 128 Å². The molecule has 2 unspecified atom stereocenters. The summed E-state index contributed by atoms with van der Waals surface area (Å²) in [7, 11) is 1.92. The van der Waals surface area contributed by atoms with Crippen LogP contribution >= 0.6 is 15.9 Å². The molecule has 0 bridgehead atoms. The van der Waals surface area contributed by atoms with Crippen LogP contribution in [0.5, 0.6) is 0 Å². The van der Waals surface area contributed by atoms with Gasteiger partial charge in [0.15, 0.2) is 0 Å². The molecule has 0 amide bonds. The van der Waals surface area contributed by atoms with Crippen LogP contribution in [0.3, 0.4) is 0 Å². The van der Waals surface area contributed by atoms with E-state index in [2.05, 4.69) is 32.9 Å². The van der Waals surface area contributed by atoms with Crippen molar-refractivity contribution < 1.29 is 9.90 Å². The van der Waals surface area contributed by atoms with Gasteiger partial charge < -0.3 is 5.11 Å². The molecule has 5 nitrogen and oxygen atoms in total. The molecule has 0 aliphatic carbocycles. The lowest BCUT2D eigenvalue weighted by Gasteiger charge is -2.37. The smallest absolute Gasteiger partial charge is 0.321 e. The molecular formula is C14H22BrN3O2. The van der Waals surface area contributed by atoms with Gasteiger partial charge in [0.2, 0.25) is 0 Å². The number of hydrogen-bond donors (Lipinski definition) is 1. The van der Waals surface area contributed by atoms with Crippen LogP contribution < -0.4 is 0 Å². The predicted molar refractivity (Wildman–Crippen MR) is 80.5 cm³/mol. The van der Waals surface area contributed by atoms with Crippen LogP contribution in [-0.2, 0) is 24.8 Å². The van der Waals surface area contributed by atoms with Gasteiger partial charge in [-0.15, -0.1) is 0 Å². The van der Waals surface area contributed by atoms with Crippen molar-refractivity contribution >= 4 is 21.9 Å². The molecule has 1 aromatic rings. The first-order chi connectivity index (χ1) is 9.45. The highest BCUT2D eigenvalue weighted by atomic mass is 79.9. The summed E-state index contributed by atoms with van der Waals surface area (Å²) < 4.78 is 2.88. The number of halogens is 1. The molecule has 1 aliphatic rings. The Morgan fingerprint density at radius 1 is 1.55 bits per heavy atom. The van der Waals surface area contributed by atoms with Gasteiger partial charge in [-0.3, -0.25) is 14.4 Å². The molecule has 2 rings (SSSR count). The Bertz CT molecular complexity index is 501. The number of likely N-dealkylation sites (tertiary alicyclic amines) is 1. The van der Waals surface area contributed by atoms with E-state index in [4.69, 9.17) is 0 Å². The zero-order chi connectivity index (χ0) is 14.9. The van der Waals surface area contributed by atoms with E-state index in [1.165, 1.54) is 0 Å². The van der Waals surface area contributed by atoms with Gasteiger partial charge in [0.05, 0.1) is 15.9 Å². The Kier molecular flexibility index (Phi) is 4.86. The first-order valence-electron chi connectivity index (χ1n) is 7.12. The molecule has 0 aromatic carbocycles. The van der Waals surface area contributed by atoms with Crippen LogP contribution in [-0.4, -0.2) is 38.3 Å². The second-order valence-electron chi connectivity index (χ2n) is 5.56. The number of aromatic nitrogens is 2. The normalized spacial score (nSPS) is 24.0. The SMILES string of the molecule is CCc1nn(C)c(CN2CCCC(C)C2C(=O)O)c1Br. The molecule has 1 fully saturated rings. The summed E-state index contributed by atoms with van der Waals surface area (Å²) in [6.07, 6.45) is 2.91. The maximum absolute atomic E-state index is 11.5. The van der Waals surface area contributed by atoms with Crippen LogP contribution in [0.1, 0.15) is 38.1 Å². The number of carbonyl (C=O) groups is 1. The summed E-state index contributed by atoms with van der Waals surface area (Å²) in [6.45, 7) is 5.56. The Morgan fingerprint density at radius 3 is 2.80 bits per heavy atom. The highest BCUT2D eigenvalue weighted by Gasteiger charge is 2.35. The van der Waals surface area contributed by atoms with Gasteiger partial charge in [-0.2, -0.15) is 5.10 Å². The van der Waals surface area contributed by atoms with E-state index in [9.17, 15) is 9.90 Å². The molecular weight excluding hydrogens is 322 g/mol. The molecule has 1 aliphatic heterocycles. The van der Waals surface area contributed by atoms with Gasteiger partial charge in [-0.25, -0.2) is 0 Å². The van der Waals surface area contributed by atoms with E-state index in [1.807, 2.05) is 18.7 Å². The van der Waals surface area contributed by atoms with Gasteiger partial charge >= 0.3 is 5.97 Å². The molecule has 1 saturated heterocycles. The highest BCUT2D eigenvalue weighted by Crippen LogP contribution is 2.28. The molecule has 0 saturated carbocycles. The molecule has 1 N–H and O–H groups in total. The summed E-state index contributed by atoms with van der Waals surface area (Å²) in [5.74, 6) is -0.523. The van der Waals surface area contributed by atoms with Gasteiger partial charge in [0, 0.05) is 13.6 Å². The fourth-order valence-corrected chi connectivity index (χ4v) is 3.78. The summed E-state index contributed by atoms with van der Waals surface area (Å²) in [4.78, 5) is 13.6. The van der Waals surface area contributed by atoms with E-state index >= 15 is 0 Å². The van der Waals surface area contributed by atoms with E-state index in [0.717, 1.165) is 41.7 Å². The van der Waals surface area contributed by atoms with Gasteiger partial charge in [0.25, 0.3) is 0 Å². The molecule has 2 atom stereocenters. The van der Waals surface area contributed by atoms with Crippen LogP contribution in [0.2, 0.25) is 0 Å². The first kappa shape index (κ1) is 15.5. The summed E-state index contributed by atoms with van der Waals surface area (Å²) in [5, 5.41) is 14.0. The first-order valence-corrected chi connectivity index (χ1v) is 7.92. The fourth-order valence-electron chi connectivity index (χ4n) is 3.03. The lowest BCUT2D eigenvalue weighted by Crippen LogP contribution is -2.48. The van der Waals surface area contributed by atoms with E-state index in [-0.39, 0.29) is 5.92 Å². The zero-order valence-electron chi connectivity index (χ0n) is 12.3. The van der Waals surface area contributed by atoms with Crippen LogP contribution in [0.25, 0.3) is 0 Å². The Balaban J connectivity index is 2.23. The Hall–Kier alpha value is -0.880. The number of carboxylic acids is 1. The minimum Gasteiger partial charge on any atom is -0.480 e.